The van der Waals surface area contributed by atoms with E-state index in [1.54, 1.807) is 0 Å². The molecule has 0 aromatic heterocycles. The van der Waals surface area contributed by atoms with E-state index in [9.17, 15) is 19.0 Å². The van der Waals surface area contributed by atoms with Crippen LogP contribution in [0.5, 0.6) is 0 Å². The summed E-state index contributed by atoms with van der Waals surface area (Å²) in [6.45, 7) is 4.12. The van der Waals surface area contributed by atoms with Crippen molar-refractivity contribution in [2.45, 2.75) is 328 Å². The molecule has 0 heterocycles. The predicted octanol–water partition coefficient (Wildman–Crippen LogP) is 21.8. The Labute approximate surface area is 508 Å². The maximum atomic E-state index is 12.8. The fourth-order valence-corrected chi connectivity index (χ4v) is 10.6. The third kappa shape index (κ3) is 66.6. The van der Waals surface area contributed by atoms with Crippen LogP contribution < -0.4 is 4.89 Å². The highest BCUT2D eigenvalue weighted by molar-refractivity contribution is 7.45. The van der Waals surface area contributed by atoms with Crippen LogP contribution in [0.15, 0.2) is 72.9 Å². The molecule has 0 aliphatic carbocycles. The fraction of sp³-hybridized carbons (Fsp3) is 0.806. The van der Waals surface area contributed by atoms with E-state index in [0.29, 0.717) is 17.4 Å². The van der Waals surface area contributed by atoms with Crippen LogP contribution in [0.1, 0.15) is 322 Å². The van der Waals surface area contributed by atoms with Gasteiger partial charge in [-0.05, 0) is 83.5 Å². The second-order valence-electron chi connectivity index (χ2n) is 24.5. The fourth-order valence-electron chi connectivity index (χ4n) is 9.92. The minimum absolute atomic E-state index is 0.0392. The number of quaternary nitrogens is 1. The van der Waals surface area contributed by atoms with E-state index >= 15 is 0 Å². The van der Waals surface area contributed by atoms with Gasteiger partial charge in [-0.1, -0.05) is 299 Å². The van der Waals surface area contributed by atoms with Gasteiger partial charge in [0.1, 0.15) is 19.8 Å². The molecule has 9 nitrogen and oxygen atoms in total. The van der Waals surface area contributed by atoms with Gasteiger partial charge in [0.25, 0.3) is 7.82 Å². The average molecular weight is 1170 g/mol. The highest BCUT2D eigenvalue weighted by Crippen LogP contribution is 2.38. The summed E-state index contributed by atoms with van der Waals surface area (Å²) in [5.41, 5.74) is 0. The van der Waals surface area contributed by atoms with Gasteiger partial charge in [-0.2, -0.15) is 0 Å². The number of allylic oxidation sites excluding steroid dienone is 12. The molecule has 0 spiro atoms. The number of hydrogen-bond acceptors (Lipinski definition) is 8. The van der Waals surface area contributed by atoms with Gasteiger partial charge in [0, 0.05) is 12.8 Å². The number of rotatable bonds is 64. The number of carbonyl (C=O) groups is 2. The van der Waals surface area contributed by atoms with E-state index < -0.39 is 26.5 Å². The molecule has 0 radical (unpaired) electrons. The maximum Gasteiger partial charge on any atom is 0.306 e. The molecule has 2 unspecified atom stereocenters. The summed E-state index contributed by atoms with van der Waals surface area (Å²) in [7, 11) is 1.15. The Morgan fingerprint density at radius 2 is 0.695 bits per heavy atom. The van der Waals surface area contributed by atoms with Gasteiger partial charge in [0.15, 0.2) is 6.10 Å². The molecule has 0 saturated heterocycles. The molecule has 0 amide bonds. The van der Waals surface area contributed by atoms with Crippen molar-refractivity contribution in [3.05, 3.63) is 72.9 Å². The summed E-state index contributed by atoms with van der Waals surface area (Å²) in [4.78, 5) is 37.9. The molecular weight excluding hydrogens is 1040 g/mol. The standard InChI is InChI=1S/C72H132NO8P/c1-6-8-10-12-14-16-18-20-22-24-26-27-28-29-30-31-32-33-34-35-36-37-38-39-40-41-42-43-44-45-47-48-50-52-54-56-58-60-62-64-71(74)78-68-70(69-80-82(76,77)79-67-66-73(3,4)5)81-72(75)65-63-61-59-57-55-53-51-49-46-25-23-21-19-17-15-13-11-9-7-2/h9,11,15,17,21,23-24,26,46,49,53,55,70H,6-8,10,12-14,16,18-20,22,25,27-45,47-48,50-52,54,56-69H2,1-5H3/b11-9-,17-15-,23-21-,26-24-,49-46-,55-53-. The first-order valence-corrected chi connectivity index (χ1v) is 36.1. The van der Waals surface area contributed by atoms with Crippen molar-refractivity contribution in [3.63, 3.8) is 0 Å². The minimum atomic E-state index is -4.65. The number of hydrogen-bond donors (Lipinski definition) is 0. The molecule has 0 rings (SSSR count). The summed E-state index contributed by atoms with van der Waals surface area (Å²) in [5, 5.41) is 0. The lowest BCUT2D eigenvalue weighted by Crippen LogP contribution is -2.37. The van der Waals surface area contributed by atoms with Gasteiger partial charge in [0.2, 0.25) is 0 Å². The summed E-state index contributed by atoms with van der Waals surface area (Å²) in [6.07, 6.45) is 84.4. The van der Waals surface area contributed by atoms with Crippen molar-refractivity contribution < 1.29 is 42.1 Å². The SMILES string of the molecule is CC/C=C\C/C=C\C/C=C\C/C=C\C/C=C\CCCCCC(=O)OC(COC(=O)CCCCCCCCCCCCCCCCCCCCCCCCCCCCC/C=C\CCCCCCCCCC)COP(=O)([O-])OCC[N+](C)(C)C. The van der Waals surface area contributed by atoms with E-state index in [4.69, 9.17) is 18.5 Å². The molecular formula is C72H132NO8P. The Balaban J connectivity index is 3.93. The van der Waals surface area contributed by atoms with Gasteiger partial charge in [-0.15, -0.1) is 0 Å². The molecule has 0 bridgehead atoms. The minimum Gasteiger partial charge on any atom is -0.756 e. The number of ether oxygens (including phenoxy) is 2. The van der Waals surface area contributed by atoms with Crippen LogP contribution in [0, 0.1) is 0 Å². The van der Waals surface area contributed by atoms with Crippen molar-refractivity contribution >= 4 is 19.8 Å². The van der Waals surface area contributed by atoms with Crippen molar-refractivity contribution in [2.75, 3.05) is 47.5 Å². The summed E-state index contributed by atoms with van der Waals surface area (Å²) >= 11 is 0. The van der Waals surface area contributed by atoms with E-state index in [1.165, 1.54) is 218 Å². The first kappa shape index (κ1) is 79.5. The van der Waals surface area contributed by atoms with Gasteiger partial charge >= 0.3 is 11.9 Å². The third-order valence-corrected chi connectivity index (χ3v) is 16.2. The monoisotopic (exact) mass is 1170 g/mol. The number of esters is 2. The Morgan fingerprint density at radius 1 is 0.390 bits per heavy atom. The molecule has 10 heteroatoms. The lowest BCUT2D eigenvalue weighted by atomic mass is 10.0. The smallest absolute Gasteiger partial charge is 0.306 e. The second kappa shape index (κ2) is 63.0. The first-order valence-electron chi connectivity index (χ1n) is 34.6. The molecule has 0 fully saturated rings. The molecule has 0 aromatic carbocycles. The van der Waals surface area contributed by atoms with E-state index in [0.717, 1.165) is 70.6 Å². The zero-order valence-electron chi connectivity index (χ0n) is 54.4. The molecule has 0 saturated carbocycles. The van der Waals surface area contributed by atoms with Crippen molar-refractivity contribution in [1.82, 2.24) is 0 Å². The number of phosphoric ester groups is 1. The average Bonchev–Trinajstić information content (AvgIpc) is 3.46. The second-order valence-corrected chi connectivity index (χ2v) is 25.9. The van der Waals surface area contributed by atoms with Gasteiger partial charge in [0.05, 0.1) is 27.7 Å². The summed E-state index contributed by atoms with van der Waals surface area (Å²) in [5.74, 6) is -0.862. The Bertz CT molecular complexity index is 1610. The molecule has 2 atom stereocenters. The number of phosphoric acid groups is 1. The molecule has 0 aliphatic heterocycles. The number of carbonyl (C=O) groups excluding carboxylic acids is 2. The number of likely N-dealkylation sites (N-methyl/N-ethyl adjacent to an activating group) is 1. The van der Waals surface area contributed by atoms with E-state index in [-0.39, 0.29) is 32.0 Å². The predicted molar refractivity (Wildman–Crippen MR) is 351 cm³/mol. The maximum absolute atomic E-state index is 12.8. The van der Waals surface area contributed by atoms with Crippen molar-refractivity contribution in [3.8, 4) is 0 Å². The Morgan fingerprint density at radius 3 is 1.06 bits per heavy atom. The lowest BCUT2D eigenvalue weighted by Gasteiger charge is -2.28. The zero-order chi connectivity index (χ0) is 59.8. The number of nitrogens with zero attached hydrogens (tertiary/aromatic N) is 1. The molecule has 0 N–H and O–H groups in total. The molecule has 82 heavy (non-hydrogen) atoms. The van der Waals surface area contributed by atoms with Crippen LogP contribution in [0.25, 0.3) is 0 Å². The largest absolute Gasteiger partial charge is 0.756 e. The van der Waals surface area contributed by atoms with Crippen molar-refractivity contribution in [2.24, 2.45) is 0 Å². The van der Waals surface area contributed by atoms with Crippen LogP contribution in [0.2, 0.25) is 0 Å². The highest BCUT2D eigenvalue weighted by atomic mass is 31.2. The van der Waals surface area contributed by atoms with Crippen LogP contribution >= 0.6 is 7.82 Å². The Hall–Kier alpha value is -2.55. The van der Waals surface area contributed by atoms with Crippen LogP contribution in [0.3, 0.4) is 0 Å². The molecule has 478 valence electrons. The van der Waals surface area contributed by atoms with Gasteiger partial charge < -0.3 is 27.9 Å². The summed E-state index contributed by atoms with van der Waals surface area (Å²) in [6, 6.07) is 0. The van der Waals surface area contributed by atoms with Crippen LogP contribution in [0.4, 0.5) is 0 Å². The zero-order valence-corrected chi connectivity index (χ0v) is 55.3. The normalized spacial score (nSPS) is 13.6. The highest BCUT2D eigenvalue weighted by Gasteiger charge is 2.22. The Kier molecular flexibility index (Phi) is 61.0. The topological polar surface area (TPSA) is 111 Å². The lowest BCUT2D eigenvalue weighted by molar-refractivity contribution is -0.870. The van der Waals surface area contributed by atoms with Crippen molar-refractivity contribution in [1.29, 1.82) is 0 Å². The summed E-state index contributed by atoms with van der Waals surface area (Å²) < 4.78 is 34.2. The van der Waals surface area contributed by atoms with Gasteiger partial charge in [-0.3, -0.25) is 14.2 Å². The van der Waals surface area contributed by atoms with E-state index in [2.05, 4.69) is 86.8 Å². The van der Waals surface area contributed by atoms with Crippen LogP contribution in [-0.2, 0) is 32.7 Å². The molecule has 0 aromatic rings. The number of unbranched alkanes of at least 4 members (excludes halogenated alkanes) is 38. The van der Waals surface area contributed by atoms with Gasteiger partial charge in [-0.25, -0.2) is 0 Å². The molecule has 0 aliphatic rings. The van der Waals surface area contributed by atoms with E-state index in [1.807, 2.05) is 21.1 Å². The quantitative estimate of drug-likeness (QED) is 0.0195. The first-order chi connectivity index (χ1) is 40.0. The third-order valence-electron chi connectivity index (χ3n) is 15.2. The van der Waals surface area contributed by atoms with Crippen LogP contribution in [-0.4, -0.2) is 70.0 Å².